The topological polar surface area (TPSA) is 0 Å². The van der Waals surface area contributed by atoms with Crippen molar-refractivity contribution in [3.05, 3.63) is 63.7 Å². The van der Waals surface area contributed by atoms with E-state index in [0.29, 0.717) is 0 Å². The first kappa shape index (κ1) is 18.5. The highest BCUT2D eigenvalue weighted by Gasteiger charge is 2.45. The Morgan fingerprint density at radius 3 is 2.48 bits per heavy atom. The Kier molecular flexibility index (Phi) is 5.01. The monoisotopic (exact) mass is 358 g/mol. The smallest absolute Gasteiger partial charge is 0.0255 e. The lowest BCUT2D eigenvalue weighted by atomic mass is 9.67. The van der Waals surface area contributed by atoms with Gasteiger partial charge < -0.3 is 0 Å². The van der Waals surface area contributed by atoms with E-state index in [9.17, 15) is 0 Å². The largest absolute Gasteiger partial charge is 0.0827 e. The highest BCUT2D eigenvalue weighted by atomic mass is 14.5. The molecule has 0 aliphatic heterocycles. The number of allylic oxidation sites excluding steroid dienone is 1. The molecule has 0 saturated heterocycles. The second kappa shape index (κ2) is 7.30. The molecule has 2 aliphatic rings. The Hall–Kier alpha value is -1.82. The van der Waals surface area contributed by atoms with Crippen LogP contribution in [0.2, 0.25) is 0 Å². The van der Waals surface area contributed by atoms with Crippen LogP contribution >= 0.6 is 0 Å². The Balaban J connectivity index is 1.76. The minimum absolute atomic E-state index is 0.211. The van der Waals surface area contributed by atoms with Gasteiger partial charge in [-0.2, -0.15) is 0 Å². The molecule has 1 unspecified atom stereocenters. The van der Waals surface area contributed by atoms with Crippen molar-refractivity contribution in [1.82, 2.24) is 0 Å². The summed E-state index contributed by atoms with van der Waals surface area (Å²) < 4.78 is 0. The fourth-order valence-corrected chi connectivity index (χ4v) is 5.66. The van der Waals surface area contributed by atoms with E-state index < -0.39 is 0 Å². The zero-order chi connectivity index (χ0) is 19.0. The molecule has 4 rings (SSSR count). The van der Waals surface area contributed by atoms with Crippen molar-refractivity contribution in [3.63, 3.8) is 0 Å². The molecule has 0 spiro atoms. The van der Waals surface area contributed by atoms with Gasteiger partial charge in [-0.3, -0.25) is 0 Å². The average Bonchev–Trinajstić information content (AvgIpc) is 2.93. The van der Waals surface area contributed by atoms with Gasteiger partial charge in [0.15, 0.2) is 0 Å². The molecule has 142 valence electrons. The molecular formula is C27H34. The fraction of sp³-hybridized carbons (Fsp3) is 0.481. The first-order valence-electron chi connectivity index (χ1n) is 11.0. The van der Waals surface area contributed by atoms with Gasteiger partial charge in [0.2, 0.25) is 0 Å². The van der Waals surface area contributed by atoms with Gasteiger partial charge in [-0.15, -0.1) is 0 Å². The van der Waals surface area contributed by atoms with Crippen LogP contribution in [0.1, 0.15) is 91.7 Å². The standard InChI is InChI=1S/C27H34/c1-5-6-7-8-9-10-15-27-16-11-12-22-20(3)13-14-23(26(22)27)25-21(4)17-19(2)18-24(25)27/h11-14,17-18H,5-10,15-16H2,1-4H3. The van der Waals surface area contributed by atoms with Crippen LogP contribution in [0.25, 0.3) is 17.2 Å². The van der Waals surface area contributed by atoms with Crippen molar-refractivity contribution in [2.75, 3.05) is 0 Å². The number of unbranched alkanes of at least 4 members (excludes halogenated alkanes) is 5. The van der Waals surface area contributed by atoms with E-state index in [2.05, 4.69) is 64.1 Å². The molecule has 0 amide bonds. The zero-order valence-electron chi connectivity index (χ0n) is 17.6. The van der Waals surface area contributed by atoms with E-state index in [1.165, 1.54) is 84.7 Å². The lowest BCUT2D eigenvalue weighted by molar-refractivity contribution is 0.447. The molecule has 0 heterocycles. The molecule has 2 aromatic carbocycles. The highest BCUT2D eigenvalue weighted by molar-refractivity contribution is 5.88. The van der Waals surface area contributed by atoms with Crippen LogP contribution in [0.3, 0.4) is 0 Å². The Morgan fingerprint density at radius 1 is 0.889 bits per heavy atom. The molecule has 0 fully saturated rings. The van der Waals surface area contributed by atoms with E-state index >= 15 is 0 Å². The van der Waals surface area contributed by atoms with Crippen LogP contribution in [-0.2, 0) is 5.41 Å². The minimum atomic E-state index is 0.211. The average molecular weight is 359 g/mol. The van der Waals surface area contributed by atoms with Gasteiger partial charge in [-0.1, -0.05) is 87.4 Å². The molecule has 0 radical (unpaired) electrons. The first-order chi connectivity index (χ1) is 13.1. The van der Waals surface area contributed by atoms with Gasteiger partial charge in [0.05, 0.1) is 0 Å². The molecule has 27 heavy (non-hydrogen) atoms. The van der Waals surface area contributed by atoms with Crippen LogP contribution in [0.15, 0.2) is 30.3 Å². The molecule has 2 aliphatic carbocycles. The summed E-state index contributed by atoms with van der Waals surface area (Å²) in [5, 5.41) is 0. The maximum atomic E-state index is 2.50. The first-order valence-corrected chi connectivity index (χ1v) is 11.0. The minimum Gasteiger partial charge on any atom is -0.0827 e. The van der Waals surface area contributed by atoms with E-state index in [-0.39, 0.29) is 5.41 Å². The summed E-state index contributed by atoms with van der Waals surface area (Å²) in [4.78, 5) is 0. The van der Waals surface area contributed by atoms with Crippen molar-refractivity contribution in [2.24, 2.45) is 0 Å². The molecule has 0 bridgehead atoms. The third-order valence-corrected chi connectivity index (χ3v) is 6.91. The van der Waals surface area contributed by atoms with E-state index in [0.717, 1.165) is 0 Å². The van der Waals surface area contributed by atoms with E-state index in [4.69, 9.17) is 0 Å². The highest BCUT2D eigenvalue weighted by Crippen LogP contribution is 2.58. The predicted octanol–water partition coefficient (Wildman–Crippen LogP) is 8.05. The summed E-state index contributed by atoms with van der Waals surface area (Å²) in [5.41, 5.74) is 12.3. The number of aryl methyl sites for hydroxylation is 3. The quantitative estimate of drug-likeness (QED) is 0.439. The van der Waals surface area contributed by atoms with Crippen molar-refractivity contribution in [3.8, 4) is 11.1 Å². The molecule has 0 saturated carbocycles. The third kappa shape index (κ3) is 2.98. The normalized spacial score (nSPS) is 19.3. The van der Waals surface area contributed by atoms with Crippen LogP contribution in [-0.4, -0.2) is 0 Å². The van der Waals surface area contributed by atoms with Gasteiger partial charge >= 0.3 is 0 Å². The molecular weight excluding hydrogens is 324 g/mol. The molecule has 1 atom stereocenters. The number of fused-ring (bicyclic) bond motifs is 3. The van der Waals surface area contributed by atoms with Gasteiger partial charge in [-0.05, 0) is 72.6 Å². The lowest BCUT2D eigenvalue weighted by Gasteiger charge is -2.35. The Bertz CT molecular complexity index is 883. The third-order valence-electron chi connectivity index (χ3n) is 6.91. The van der Waals surface area contributed by atoms with Gasteiger partial charge in [0.1, 0.15) is 0 Å². The molecule has 2 aromatic rings. The molecule has 0 N–H and O–H groups in total. The molecule has 0 heteroatoms. The maximum Gasteiger partial charge on any atom is 0.0255 e. The van der Waals surface area contributed by atoms with Crippen LogP contribution in [0, 0.1) is 20.8 Å². The Morgan fingerprint density at radius 2 is 1.67 bits per heavy atom. The SMILES string of the molecule is CCCCCCCCC12CC=Cc3c(C)ccc(c31)-c1c(C)cc(C)cc12. The van der Waals surface area contributed by atoms with Crippen LogP contribution < -0.4 is 0 Å². The van der Waals surface area contributed by atoms with Crippen molar-refractivity contribution in [2.45, 2.75) is 84.5 Å². The zero-order valence-corrected chi connectivity index (χ0v) is 17.6. The summed E-state index contributed by atoms with van der Waals surface area (Å²) in [6, 6.07) is 9.59. The second-order valence-electron chi connectivity index (χ2n) is 8.93. The number of benzene rings is 2. The Labute approximate surface area is 165 Å². The van der Waals surface area contributed by atoms with Crippen molar-refractivity contribution >= 4 is 6.08 Å². The van der Waals surface area contributed by atoms with E-state index in [1.807, 2.05) is 0 Å². The maximum absolute atomic E-state index is 2.50. The molecule has 0 nitrogen and oxygen atoms in total. The summed E-state index contributed by atoms with van der Waals surface area (Å²) in [5.74, 6) is 0. The summed E-state index contributed by atoms with van der Waals surface area (Å²) in [7, 11) is 0. The summed E-state index contributed by atoms with van der Waals surface area (Å²) >= 11 is 0. The second-order valence-corrected chi connectivity index (χ2v) is 8.93. The number of hydrogen-bond acceptors (Lipinski definition) is 0. The number of rotatable bonds is 7. The summed E-state index contributed by atoms with van der Waals surface area (Å²) in [6.07, 6.45) is 15.5. The van der Waals surface area contributed by atoms with Crippen molar-refractivity contribution in [1.29, 1.82) is 0 Å². The van der Waals surface area contributed by atoms with Gasteiger partial charge in [0, 0.05) is 5.41 Å². The predicted molar refractivity (Wildman–Crippen MR) is 119 cm³/mol. The van der Waals surface area contributed by atoms with Gasteiger partial charge in [0.25, 0.3) is 0 Å². The van der Waals surface area contributed by atoms with Crippen molar-refractivity contribution < 1.29 is 0 Å². The van der Waals surface area contributed by atoms with Crippen LogP contribution in [0.4, 0.5) is 0 Å². The van der Waals surface area contributed by atoms with Crippen LogP contribution in [0.5, 0.6) is 0 Å². The molecule has 0 aromatic heterocycles. The van der Waals surface area contributed by atoms with Gasteiger partial charge in [-0.25, -0.2) is 0 Å². The fourth-order valence-electron chi connectivity index (χ4n) is 5.66. The number of hydrogen-bond donors (Lipinski definition) is 0. The lowest BCUT2D eigenvalue weighted by Crippen LogP contribution is -2.27. The summed E-state index contributed by atoms with van der Waals surface area (Å²) in [6.45, 7) is 9.15. The van der Waals surface area contributed by atoms with E-state index in [1.54, 1.807) is 11.1 Å².